The number of carbonyl (C=O) groups is 2. The second-order valence-corrected chi connectivity index (χ2v) is 9.06. The highest BCUT2D eigenvalue weighted by Crippen LogP contribution is 2.25. The molecule has 3 amide bonds. The van der Waals surface area contributed by atoms with Crippen LogP contribution in [0.2, 0.25) is 0 Å². The van der Waals surface area contributed by atoms with Gasteiger partial charge in [-0.15, -0.1) is 0 Å². The van der Waals surface area contributed by atoms with Crippen LogP contribution in [-0.2, 0) is 20.6 Å². The minimum atomic E-state index is -3.52. The predicted octanol–water partition coefficient (Wildman–Crippen LogP) is 1.46. The standard InChI is InChI=1S/C17H25N3O4S/c1-17(2,3)14-11-15(21)20(16(22)19-14)10-9-18-25(23,24)12-13-7-5-4-6-8-13/h4-8,14,18H,9-12H2,1-3H3,(H,19,22)/t14-/m1/s1. The van der Waals surface area contributed by atoms with Gasteiger partial charge in [-0.2, -0.15) is 0 Å². The highest BCUT2D eigenvalue weighted by atomic mass is 32.2. The summed E-state index contributed by atoms with van der Waals surface area (Å²) >= 11 is 0. The Labute approximate surface area is 148 Å². The number of nitrogens with one attached hydrogen (secondary N) is 2. The van der Waals surface area contributed by atoms with Gasteiger partial charge in [0.05, 0.1) is 5.75 Å². The fourth-order valence-electron chi connectivity index (χ4n) is 2.58. The number of hydrogen-bond acceptors (Lipinski definition) is 4. The molecule has 1 heterocycles. The minimum absolute atomic E-state index is 0.00545. The van der Waals surface area contributed by atoms with Gasteiger partial charge in [0.15, 0.2) is 0 Å². The summed E-state index contributed by atoms with van der Waals surface area (Å²) in [6, 6.07) is 8.12. The molecule has 7 nitrogen and oxygen atoms in total. The number of benzene rings is 1. The van der Waals surface area contributed by atoms with Crippen molar-refractivity contribution in [1.29, 1.82) is 0 Å². The molecule has 1 saturated heterocycles. The molecule has 0 aromatic heterocycles. The van der Waals surface area contributed by atoms with E-state index in [0.717, 1.165) is 4.90 Å². The van der Waals surface area contributed by atoms with Crippen LogP contribution in [0.4, 0.5) is 4.79 Å². The van der Waals surface area contributed by atoms with Gasteiger partial charge in [0.25, 0.3) is 0 Å². The fourth-order valence-corrected chi connectivity index (χ4v) is 3.72. The minimum Gasteiger partial charge on any atom is -0.334 e. The molecule has 0 aliphatic carbocycles. The molecule has 138 valence electrons. The molecular formula is C17H25N3O4S. The molecule has 0 saturated carbocycles. The summed E-state index contributed by atoms with van der Waals surface area (Å²) in [7, 11) is -3.52. The van der Waals surface area contributed by atoms with Crippen molar-refractivity contribution in [2.45, 2.75) is 39.0 Å². The molecule has 2 N–H and O–H groups in total. The number of imide groups is 1. The van der Waals surface area contributed by atoms with Gasteiger partial charge in [-0.3, -0.25) is 9.69 Å². The van der Waals surface area contributed by atoms with Crippen molar-refractivity contribution in [1.82, 2.24) is 14.9 Å². The zero-order chi connectivity index (χ0) is 18.7. The Morgan fingerprint density at radius 1 is 1.20 bits per heavy atom. The Bertz CT molecular complexity index is 708. The van der Waals surface area contributed by atoms with Crippen LogP contribution in [-0.4, -0.2) is 44.4 Å². The van der Waals surface area contributed by atoms with E-state index in [1.807, 2.05) is 26.8 Å². The van der Waals surface area contributed by atoms with Crippen LogP contribution < -0.4 is 10.0 Å². The Balaban J connectivity index is 1.87. The fraction of sp³-hybridized carbons (Fsp3) is 0.529. The summed E-state index contributed by atoms with van der Waals surface area (Å²) in [4.78, 5) is 25.4. The SMILES string of the molecule is CC(C)(C)[C@H]1CC(=O)N(CCNS(=O)(=O)Cc2ccccc2)C(=O)N1. The average Bonchev–Trinajstić information content (AvgIpc) is 2.49. The summed E-state index contributed by atoms with van der Waals surface area (Å²) < 4.78 is 26.6. The first kappa shape index (κ1) is 19.4. The Morgan fingerprint density at radius 2 is 1.84 bits per heavy atom. The molecule has 0 spiro atoms. The average molecular weight is 367 g/mol. The van der Waals surface area contributed by atoms with E-state index in [-0.39, 0.29) is 42.6 Å². The van der Waals surface area contributed by atoms with Crippen molar-refractivity contribution in [3.05, 3.63) is 35.9 Å². The topological polar surface area (TPSA) is 95.6 Å². The van der Waals surface area contributed by atoms with Crippen molar-refractivity contribution >= 4 is 22.0 Å². The Hall–Kier alpha value is -1.93. The lowest BCUT2D eigenvalue weighted by Gasteiger charge is -2.38. The normalized spacial score (nSPS) is 19.0. The van der Waals surface area contributed by atoms with Gasteiger partial charge in [-0.25, -0.2) is 17.9 Å². The molecule has 2 rings (SSSR count). The zero-order valence-corrected chi connectivity index (χ0v) is 15.6. The van der Waals surface area contributed by atoms with Crippen LogP contribution in [0, 0.1) is 5.41 Å². The van der Waals surface area contributed by atoms with Gasteiger partial charge in [0.1, 0.15) is 0 Å². The zero-order valence-electron chi connectivity index (χ0n) is 14.8. The molecule has 1 atom stereocenters. The maximum absolute atomic E-state index is 12.2. The first-order valence-electron chi connectivity index (χ1n) is 8.20. The number of sulfonamides is 1. The van der Waals surface area contributed by atoms with E-state index in [9.17, 15) is 18.0 Å². The molecule has 1 aromatic rings. The summed E-state index contributed by atoms with van der Waals surface area (Å²) in [6.45, 7) is 5.87. The molecule has 0 radical (unpaired) electrons. The maximum atomic E-state index is 12.2. The number of carbonyl (C=O) groups excluding carboxylic acids is 2. The van der Waals surface area contributed by atoms with Crippen molar-refractivity contribution in [2.75, 3.05) is 13.1 Å². The Kier molecular flexibility index (Phi) is 5.84. The molecule has 1 aliphatic rings. The van der Waals surface area contributed by atoms with Crippen LogP contribution >= 0.6 is 0 Å². The van der Waals surface area contributed by atoms with Crippen LogP contribution in [0.25, 0.3) is 0 Å². The maximum Gasteiger partial charge on any atom is 0.324 e. The summed E-state index contributed by atoms with van der Waals surface area (Å²) in [5.74, 6) is -0.425. The van der Waals surface area contributed by atoms with Crippen LogP contribution in [0.5, 0.6) is 0 Å². The van der Waals surface area contributed by atoms with E-state index in [4.69, 9.17) is 0 Å². The molecule has 25 heavy (non-hydrogen) atoms. The van der Waals surface area contributed by atoms with Crippen LogP contribution in [0.1, 0.15) is 32.8 Å². The third kappa shape index (κ3) is 5.54. The van der Waals surface area contributed by atoms with E-state index >= 15 is 0 Å². The van der Waals surface area contributed by atoms with Crippen molar-refractivity contribution < 1.29 is 18.0 Å². The summed E-state index contributed by atoms with van der Waals surface area (Å²) in [6.07, 6.45) is 0.214. The van der Waals surface area contributed by atoms with Crippen molar-refractivity contribution in [3.8, 4) is 0 Å². The molecular weight excluding hydrogens is 342 g/mol. The smallest absolute Gasteiger partial charge is 0.324 e. The highest BCUT2D eigenvalue weighted by molar-refractivity contribution is 7.88. The highest BCUT2D eigenvalue weighted by Gasteiger charge is 2.37. The van der Waals surface area contributed by atoms with Gasteiger partial charge < -0.3 is 5.32 Å². The molecule has 1 aromatic carbocycles. The summed E-state index contributed by atoms with van der Waals surface area (Å²) in [5, 5.41) is 2.81. The second-order valence-electron chi connectivity index (χ2n) is 7.26. The first-order chi connectivity index (χ1) is 11.6. The van der Waals surface area contributed by atoms with E-state index in [2.05, 4.69) is 10.0 Å². The third-order valence-corrected chi connectivity index (χ3v) is 5.48. The van der Waals surface area contributed by atoms with Crippen molar-refractivity contribution in [3.63, 3.8) is 0 Å². The molecule has 1 fully saturated rings. The monoisotopic (exact) mass is 367 g/mol. The summed E-state index contributed by atoms with van der Waals surface area (Å²) in [5.41, 5.74) is 0.462. The molecule has 8 heteroatoms. The van der Waals surface area contributed by atoms with E-state index in [1.165, 1.54) is 0 Å². The van der Waals surface area contributed by atoms with Crippen LogP contribution in [0.15, 0.2) is 30.3 Å². The molecule has 0 bridgehead atoms. The molecule has 1 aliphatic heterocycles. The van der Waals surface area contributed by atoms with Gasteiger partial charge in [0, 0.05) is 25.6 Å². The number of rotatable bonds is 6. The van der Waals surface area contributed by atoms with Gasteiger partial charge >= 0.3 is 6.03 Å². The van der Waals surface area contributed by atoms with Crippen molar-refractivity contribution in [2.24, 2.45) is 5.41 Å². The largest absolute Gasteiger partial charge is 0.334 e. The van der Waals surface area contributed by atoms with E-state index in [0.29, 0.717) is 5.56 Å². The molecule has 0 unspecified atom stereocenters. The number of hydrogen-bond donors (Lipinski definition) is 2. The van der Waals surface area contributed by atoms with Gasteiger partial charge in [0.2, 0.25) is 15.9 Å². The van der Waals surface area contributed by atoms with Gasteiger partial charge in [-0.1, -0.05) is 51.1 Å². The van der Waals surface area contributed by atoms with Gasteiger partial charge in [-0.05, 0) is 11.0 Å². The number of urea groups is 1. The lowest BCUT2D eigenvalue weighted by atomic mass is 9.83. The van der Waals surface area contributed by atoms with E-state index in [1.54, 1.807) is 24.3 Å². The van der Waals surface area contributed by atoms with Crippen LogP contribution in [0.3, 0.4) is 0 Å². The van der Waals surface area contributed by atoms with E-state index < -0.39 is 16.1 Å². The number of nitrogens with zero attached hydrogens (tertiary/aromatic N) is 1. The quantitative estimate of drug-likeness (QED) is 0.796. The second kappa shape index (κ2) is 7.53. The lowest BCUT2D eigenvalue weighted by Crippen LogP contribution is -2.59. The number of amides is 3. The predicted molar refractivity (Wildman–Crippen MR) is 95.2 cm³/mol. The third-order valence-electron chi connectivity index (χ3n) is 4.12. The first-order valence-corrected chi connectivity index (χ1v) is 9.86. The Morgan fingerprint density at radius 3 is 2.40 bits per heavy atom. The lowest BCUT2D eigenvalue weighted by molar-refractivity contribution is -0.131.